The SMILES string of the molecule is COc1ccc(NCc2nnc3n(C)c(=O)c4ccccc4n23)cc1Cc1ccccc1. The van der Waals surface area contributed by atoms with Crippen LogP contribution >= 0.6 is 0 Å². The summed E-state index contributed by atoms with van der Waals surface area (Å²) in [7, 11) is 3.41. The maximum Gasteiger partial charge on any atom is 0.262 e. The van der Waals surface area contributed by atoms with Gasteiger partial charge >= 0.3 is 0 Å². The number of hydrogen-bond donors (Lipinski definition) is 1. The fourth-order valence-corrected chi connectivity index (χ4v) is 4.03. The van der Waals surface area contributed by atoms with Gasteiger partial charge in [0.25, 0.3) is 5.56 Å². The van der Waals surface area contributed by atoms with Crippen LogP contribution < -0.4 is 15.6 Å². The first-order chi connectivity index (χ1) is 15.7. The molecular formula is C25H23N5O2. The molecule has 0 saturated heterocycles. The van der Waals surface area contributed by atoms with Gasteiger partial charge < -0.3 is 10.1 Å². The van der Waals surface area contributed by atoms with Crippen LogP contribution in [-0.4, -0.2) is 26.3 Å². The van der Waals surface area contributed by atoms with E-state index in [9.17, 15) is 4.79 Å². The highest BCUT2D eigenvalue weighted by Crippen LogP contribution is 2.26. The van der Waals surface area contributed by atoms with E-state index in [0.717, 1.165) is 34.8 Å². The van der Waals surface area contributed by atoms with Gasteiger partial charge in [-0.1, -0.05) is 42.5 Å². The molecule has 1 N–H and O–H groups in total. The highest BCUT2D eigenvalue weighted by Gasteiger charge is 2.14. The number of aryl methyl sites for hydroxylation is 1. The van der Waals surface area contributed by atoms with Gasteiger partial charge in [0.1, 0.15) is 5.75 Å². The molecule has 3 aromatic carbocycles. The van der Waals surface area contributed by atoms with Gasteiger partial charge in [-0.2, -0.15) is 0 Å². The summed E-state index contributed by atoms with van der Waals surface area (Å²) in [5.41, 5.74) is 4.00. The maximum absolute atomic E-state index is 12.6. The van der Waals surface area contributed by atoms with Crippen LogP contribution in [0.1, 0.15) is 17.0 Å². The van der Waals surface area contributed by atoms with Crippen molar-refractivity contribution in [2.24, 2.45) is 7.05 Å². The van der Waals surface area contributed by atoms with Crippen molar-refractivity contribution in [3.63, 3.8) is 0 Å². The quantitative estimate of drug-likeness (QED) is 0.448. The number of para-hydroxylation sites is 1. The third-order valence-electron chi connectivity index (χ3n) is 5.66. The Morgan fingerprint density at radius 1 is 0.969 bits per heavy atom. The number of nitrogens with zero attached hydrogens (tertiary/aromatic N) is 4. The second kappa shape index (κ2) is 8.19. The Morgan fingerprint density at radius 3 is 2.56 bits per heavy atom. The van der Waals surface area contributed by atoms with E-state index < -0.39 is 0 Å². The first-order valence-electron chi connectivity index (χ1n) is 10.4. The van der Waals surface area contributed by atoms with Crippen LogP contribution in [-0.2, 0) is 20.0 Å². The van der Waals surface area contributed by atoms with Crippen molar-refractivity contribution in [2.45, 2.75) is 13.0 Å². The molecule has 7 nitrogen and oxygen atoms in total. The lowest BCUT2D eigenvalue weighted by Crippen LogP contribution is -2.20. The zero-order valence-electron chi connectivity index (χ0n) is 17.9. The standard InChI is InChI=1S/C25H23N5O2/c1-29-24(31)20-10-6-7-11-21(20)30-23(27-28-25(29)30)16-26-19-12-13-22(32-2)18(15-19)14-17-8-4-3-5-9-17/h3-13,15,26H,14,16H2,1-2H3. The monoisotopic (exact) mass is 425 g/mol. The number of ether oxygens (including phenoxy) is 1. The summed E-state index contributed by atoms with van der Waals surface area (Å²) in [5.74, 6) is 2.10. The molecule has 0 atom stereocenters. The number of rotatable bonds is 6. The Morgan fingerprint density at radius 2 is 1.75 bits per heavy atom. The van der Waals surface area contributed by atoms with Crippen molar-refractivity contribution in [1.29, 1.82) is 0 Å². The van der Waals surface area contributed by atoms with Crippen molar-refractivity contribution < 1.29 is 4.74 Å². The molecule has 2 heterocycles. The molecule has 5 rings (SSSR count). The minimum atomic E-state index is -0.0827. The topological polar surface area (TPSA) is 73.4 Å². The number of aromatic nitrogens is 4. The fourth-order valence-electron chi connectivity index (χ4n) is 4.03. The van der Waals surface area contributed by atoms with Crippen molar-refractivity contribution in [3.05, 3.63) is 100 Å². The number of fused-ring (bicyclic) bond motifs is 3. The number of benzene rings is 3. The predicted molar refractivity (Wildman–Crippen MR) is 125 cm³/mol. The largest absolute Gasteiger partial charge is 0.496 e. The number of nitrogens with one attached hydrogen (secondary N) is 1. The van der Waals surface area contributed by atoms with Crippen LogP contribution in [0.2, 0.25) is 0 Å². The summed E-state index contributed by atoms with van der Waals surface area (Å²) >= 11 is 0. The van der Waals surface area contributed by atoms with E-state index in [4.69, 9.17) is 4.74 Å². The van der Waals surface area contributed by atoms with Crippen molar-refractivity contribution in [1.82, 2.24) is 19.2 Å². The molecule has 0 bridgehead atoms. The Bertz CT molecular complexity index is 1470. The van der Waals surface area contributed by atoms with E-state index in [0.29, 0.717) is 17.7 Å². The first-order valence-corrected chi connectivity index (χ1v) is 10.4. The molecular weight excluding hydrogens is 402 g/mol. The molecule has 7 heteroatoms. The molecule has 0 aliphatic rings. The highest BCUT2D eigenvalue weighted by molar-refractivity contribution is 5.80. The van der Waals surface area contributed by atoms with E-state index >= 15 is 0 Å². The summed E-state index contributed by atoms with van der Waals surface area (Å²) in [6.45, 7) is 0.459. The molecule has 0 saturated carbocycles. The zero-order chi connectivity index (χ0) is 22.1. The van der Waals surface area contributed by atoms with Crippen LogP contribution in [0.3, 0.4) is 0 Å². The maximum atomic E-state index is 12.6. The normalized spacial score (nSPS) is 11.2. The Kier molecular flexibility index (Phi) is 5.07. The smallest absolute Gasteiger partial charge is 0.262 e. The lowest BCUT2D eigenvalue weighted by atomic mass is 10.0. The molecule has 0 aliphatic carbocycles. The van der Waals surface area contributed by atoms with E-state index in [1.54, 1.807) is 14.2 Å². The number of hydrogen-bond acceptors (Lipinski definition) is 5. The molecule has 0 amide bonds. The second-order valence-electron chi connectivity index (χ2n) is 7.68. The summed E-state index contributed by atoms with van der Waals surface area (Å²) in [4.78, 5) is 12.6. The highest BCUT2D eigenvalue weighted by atomic mass is 16.5. The zero-order valence-corrected chi connectivity index (χ0v) is 17.9. The predicted octanol–water partition coefficient (Wildman–Crippen LogP) is 3.79. The molecule has 0 spiro atoms. The number of anilines is 1. The van der Waals surface area contributed by atoms with Crippen LogP contribution in [0.25, 0.3) is 16.7 Å². The van der Waals surface area contributed by atoms with Crippen LogP contribution in [0.15, 0.2) is 77.6 Å². The Hall–Kier alpha value is -4.13. The van der Waals surface area contributed by atoms with Gasteiger partial charge in [0.2, 0.25) is 5.78 Å². The average Bonchev–Trinajstić information content (AvgIpc) is 3.26. The number of methoxy groups -OCH3 is 1. The van der Waals surface area contributed by atoms with Crippen molar-refractivity contribution in [2.75, 3.05) is 12.4 Å². The fraction of sp³-hybridized carbons (Fsp3) is 0.160. The minimum Gasteiger partial charge on any atom is -0.496 e. The third kappa shape index (κ3) is 3.47. The summed E-state index contributed by atoms with van der Waals surface area (Å²) in [6.07, 6.45) is 0.778. The molecule has 0 radical (unpaired) electrons. The van der Waals surface area contributed by atoms with Gasteiger partial charge in [-0.15, -0.1) is 10.2 Å². The third-order valence-corrected chi connectivity index (χ3v) is 5.66. The van der Waals surface area contributed by atoms with E-state index in [2.05, 4.69) is 33.7 Å². The molecule has 160 valence electrons. The summed E-state index contributed by atoms with van der Waals surface area (Å²) in [6, 6.07) is 23.9. The van der Waals surface area contributed by atoms with Crippen molar-refractivity contribution in [3.8, 4) is 5.75 Å². The second-order valence-corrected chi connectivity index (χ2v) is 7.68. The molecule has 5 aromatic rings. The van der Waals surface area contributed by atoms with E-state index in [-0.39, 0.29) is 5.56 Å². The van der Waals surface area contributed by atoms with Gasteiger partial charge in [-0.05, 0) is 35.9 Å². The molecule has 32 heavy (non-hydrogen) atoms. The lowest BCUT2D eigenvalue weighted by molar-refractivity contribution is 0.410. The van der Waals surface area contributed by atoms with Gasteiger partial charge in [0.05, 0.1) is 24.6 Å². The molecule has 0 aliphatic heterocycles. The Labute approximate surface area is 184 Å². The summed E-state index contributed by atoms with van der Waals surface area (Å²) in [5, 5.41) is 12.7. The molecule has 0 fully saturated rings. The Balaban J connectivity index is 1.47. The van der Waals surface area contributed by atoms with Gasteiger partial charge in [0, 0.05) is 24.7 Å². The van der Waals surface area contributed by atoms with Crippen LogP contribution in [0.5, 0.6) is 5.75 Å². The first kappa shape index (κ1) is 19.8. The molecule has 0 unspecified atom stereocenters. The van der Waals surface area contributed by atoms with Gasteiger partial charge in [-0.3, -0.25) is 13.8 Å². The molecule has 2 aromatic heterocycles. The van der Waals surface area contributed by atoms with Crippen LogP contribution in [0, 0.1) is 0 Å². The van der Waals surface area contributed by atoms with Gasteiger partial charge in [-0.25, -0.2) is 0 Å². The van der Waals surface area contributed by atoms with Crippen LogP contribution in [0.4, 0.5) is 5.69 Å². The van der Waals surface area contributed by atoms with E-state index in [1.165, 1.54) is 10.1 Å². The average molecular weight is 425 g/mol. The van der Waals surface area contributed by atoms with Gasteiger partial charge in [0.15, 0.2) is 5.82 Å². The minimum absolute atomic E-state index is 0.0827. The van der Waals surface area contributed by atoms with E-state index in [1.807, 2.05) is 59.0 Å². The van der Waals surface area contributed by atoms with Crippen molar-refractivity contribution >= 4 is 22.4 Å². The lowest BCUT2D eigenvalue weighted by Gasteiger charge is -2.13. The summed E-state index contributed by atoms with van der Waals surface area (Å²) < 4.78 is 9.03.